The number of benzene rings is 1. The third-order valence-corrected chi connectivity index (χ3v) is 4.68. The molecule has 0 saturated carbocycles. The molecule has 0 aliphatic heterocycles. The molecule has 0 radical (unpaired) electrons. The van der Waals surface area contributed by atoms with Crippen LogP contribution in [0.3, 0.4) is 0 Å². The minimum Gasteiger partial charge on any atom is -0.337 e. The number of aryl methyl sites for hydroxylation is 1. The Hall–Kier alpha value is -3.54. The Morgan fingerprint density at radius 2 is 1.93 bits per heavy atom. The fraction of sp³-hybridized carbons (Fsp3) is 0.143. The SMILES string of the molecule is Cc1cccc2ncc(C(=O)N(C)Cc3cccc4cnccc34)c(=O)n12. The van der Waals surface area contributed by atoms with E-state index in [2.05, 4.69) is 9.97 Å². The van der Waals surface area contributed by atoms with Crippen molar-refractivity contribution in [2.75, 3.05) is 7.05 Å². The van der Waals surface area contributed by atoms with E-state index >= 15 is 0 Å². The molecule has 27 heavy (non-hydrogen) atoms. The molecule has 0 saturated heterocycles. The zero-order chi connectivity index (χ0) is 19.0. The zero-order valence-corrected chi connectivity index (χ0v) is 15.1. The van der Waals surface area contributed by atoms with Gasteiger partial charge in [0.1, 0.15) is 11.2 Å². The zero-order valence-electron chi connectivity index (χ0n) is 15.1. The van der Waals surface area contributed by atoms with E-state index in [1.165, 1.54) is 15.5 Å². The maximum Gasteiger partial charge on any atom is 0.270 e. The first kappa shape index (κ1) is 16.9. The summed E-state index contributed by atoms with van der Waals surface area (Å²) in [6.07, 6.45) is 4.89. The van der Waals surface area contributed by atoms with E-state index in [1.807, 2.05) is 43.3 Å². The Labute approximate surface area is 155 Å². The lowest BCUT2D eigenvalue weighted by molar-refractivity contribution is 0.0783. The first-order valence-corrected chi connectivity index (χ1v) is 8.61. The predicted molar refractivity (Wildman–Crippen MR) is 104 cm³/mol. The standard InChI is InChI=1S/C21H18N4O2/c1-14-5-3-8-19-23-12-18(21(27)25(14)19)20(26)24(2)13-16-7-4-6-15-11-22-10-9-17(15)16/h3-12H,13H2,1-2H3. The number of carbonyl (C=O) groups is 1. The quantitative estimate of drug-likeness (QED) is 0.565. The van der Waals surface area contributed by atoms with Crippen LogP contribution < -0.4 is 5.56 Å². The molecule has 0 aliphatic rings. The number of rotatable bonds is 3. The van der Waals surface area contributed by atoms with E-state index in [9.17, 15) is 9.59 Å². The average molecular weight is 358 g/mol. The Bertz CT molecular complexity index is 1220. The lowest BCUT2D eigenvalue weighted by Gasteiger charge is -2.18. The highest BCUT2D eigenvalue weighted by atomic mass is 16.2. The summed E-state index contributed by atoms with van der Waals surface area (Å²) in [6.45, 7) is 2.20. The van der Waals surface area contributed by atoms with Crippen LogP contribution in [-0.2, 0) is 6.54 Å². The summed E-state index contributed by atoms with van der Waals surface area (Å²) in [5, 5.41) is 2.05. The predicted octanol–water partition coefficient (Wildman–Crippen LogP) is 2.82. The molecule has 134 valence electrons. The van der Waals surface area contributed by atoms with Crippen molar-refractivity contribution in [3.05, 3.63) is 88.2 Å². The third-order valence-electron chi connectivity index (χ3n) is 4.68. The fourth-order valence-corrected chi connectivity index (χ4v) is 3.28. The number of carbonyl (C=O) groups excluding carboxylic acids is 1. The van der Waals surface area contributed by atoms with Gasteiger partial charge in [0.2, 0.25) is 0 Å². The minimum atomic E-state index is -0.351. The lowest BCUT2D eigenvalue weighted by Crippen LogP contribution is -2.33. The third kappa shape index (κ3) is 2.95. The van der Waals surface area contributed by atoms with Crippen LogP contribution >= 0.6 is 0 Å². The van der Waals surface area contributed by atoms with Gasteiger partial charge in [-0.2, -0.15) is 0 Å². The Morgan fingerprint density at radius 3 is 2.78 bits per heavy atom. The molecule has 4 rings (SSSR count). The molecule has 1 amide bonds. The van der Waals surface area contributed by atoms with Crippen LogP contribution in [0.25, 0.3) is 16.4 Å². The number of fused-ring (bicyclic) bond motifs is 2. The summed E-state index contributed by atoms with van der Waals surface area (Å²) in [5.41, 5.74) is 1.98. The van der Waals surface area contributed by atoms with Gasteiger partial charge in [-0.05, 0) is 36.1 Å². The molecule has 4 aromatic rings. The van der Waals surface area contributed by atoms with Crippen molar-refractivity contribution in [2.45, 2.75) is 13.5 Å². The molecule has 3 heterocycles. The fourth-order valence-electron chi connectivity index (χ4n) is 3.28. The van der Waals surface area contributed by atoms with Crippen molar-refractivity contribution in [3.63, 3.8) is 0 Å². The molecule has 0 N–H and O–H groups in total. The van der Waals surface area contributed by atoms with Crippen LogP contribution in [0.4, 0.5) is 0 Å². The number of amides is 1. The Morgan fingerprint density at radius 1 is 1.11 bits per heavy atom. The number of hydrogen-bond acceptors (Lipinski definition) is 4. The normalized spacial score (nSPS) is 11.0. The van der Waals surface area contributed by atoms with E-state index in [0.29, 0.717) is 12.2 Å². The van der Waals surface area contributed by atoms with Crippen molar-refractivity contribution < 1.29 is 4.79 Å². The molecule has 0 fully saturated rings. The van der Waals surface area contributed by atoms with Crippen LogP contribution in [-0.4, -0.2) is 32.2 Å². The summed E-state index contributed by atoms with van der Waals surface area (Å²) < 4.78 is 1.46. The number of nitrogens with zero attached hydrogens (tertiary/aromatic N) is 4. The second-order valence-electron chi connectivity index (χ2n) is 6.51. The van der Waals surface area contributed by atoms with Crippen molar-refractivity contribution in [1.82, 2.24) is 19.3 Å². The van der Waals surface area contributed by atoms with Gasteiger partial charge in [0.15, 0.2) is 0 Å². The topological polar surface area (TPSA) is 67.6 Å². The van der Waals surface area contributed by atoms with Crippen molar-refractivity contribution in [2.24, 2.45) is 0 Å². The maximum absolute atomic E-state index is 12.9. The number of aromatic nitrogens is 3. The van der Waals surface area contributed by atoms with E-state index in [1.54, 1.807) is 25.5 Å². The van der Waals surface area contributed by atoms with Gasteiger partial charge in [-0.25, -0.2) is 4.98 Å². The van der Waals surface area contributed by atoms with Crippen molar-refractivity contribution >= 4 is 22.3 Å². The second kappa shape index (κ2) is 6.64. The maximum atomic E-state index is 12.9. The van der Waals surface area contributed by atoms with Gasteiger partial charge in [-0.1, -0.05) is 24.3 Å². The average Bonchev–Trinajstić information content (AvgIpc) is 2.68. The highest BCUT2D eigenvalue weighted by Crippen LogP contribution is 2.19. The summed E-state index contributed by atoms with van der Waals surface area (Å²) in [7, 11) is 1.69. The molecular weight excluding hydrogens is 340 g/mol. The molecule has 0 atom stereocenters. The summed E-state index contributed by atoms with van der Waals surface area (Å²) in [5.74, 6) is -0.351. The molecule has 0 aliphatic carbocycles. The van der Waals surface area contributed by atoms with Gasteiger partial charge in [0.25, 0.3) is 11.5 Å². The van der Waals surface area contributed by atoms with Gasteiger partial charge in [-0.3, -0.25) is 19.0 Å². The van der Waals surface area contributed by atoms with E-state index < -0.39 is 0 Å². The Kier molecular flexibility index (Phi) is 4.16. The van der Waals surface area contributed by atoms with Crippen molar-refractivity contribution in [3.8, 4) is 0 Å². The molecule has 1 aromatic carbocycles. The van der Waals surface area contributed by atoms with Gasteiger partial charge < -0.3 is 4.90 Å². The minimum absolute atomic E-state index is 0.0613. The van der Waals surface area contributed by atoms with E-state index in [-0.39, 0.29) is 17.0 Å². The molecule has 0 spiro atoms. The van der Waals surface area contributed by atoms with Crippen LogP contribution in [0.1, 0.15) is 21.6 Å². The second-order valence-corrected chi connectivity index (χ2v) is 6.51. The van der Waals surface area contributed by atoms with Crippen LogP contribution in [0.15, 0.2) is 65.8 Å². The molecular formula is C21H18N4O2. The van der Waals surface area contributed by atoms with E-state index in [0.717, 1.165) is 22.0 Å². The summed E-state index contributed by atoms with van der Waals surface area (Å²) in [6, 6.07) is 13.2. The van der Waals surface area contributed by atoms with Gasteiger partial charge in [0.05, 0.1) is 0 Å². The molecule has 6 heteroatoms. The van der Waals surface area contributed by atoms with Crippen LogP contribution in [0.5, 0.6) is 0 Å². The largest absolute Gasteiger partial charge is 0.337 e. The highest BCUT2D eigenvalue weighted by Gasteiger charge is 2.19. The highest BCUT2D eigenvalue weighted by molar-refractivity contribution is 5.94. The number of pyridine rings is 2. The number of hydrogen-bond donors (Lipinski definition) is 0. The first-order valence-electron chi connectivity index (χ1n) is 8.61. The van der Waals surface area contributed by atoms with Gasteiger partial charge in [-0.15, -0.1) is 0 Å². The first-order chi connectivity index (χ1) is 13.1. The van der Waals surface area contributed by atoms with Gasteiger partial charge >= 0.3 is 0 Å². The van der Waals surface area contributed by atoms with Crippen molar-refractivity contribution in [1.29, 1.82) is 0 Å². The van der Waals surface area contributed by atoms with Crippen LogP contribution in [0.2, 0.25) is 0 Å². The summed E-state index contributed by atoms with van der Waals surface area (Å²) >= 11 is 0. The lowest BCUT2D eigenvalue weighted by atomic mass is 10.1. The summed E-state index contributed by atoms with van der Waals surface area (Å²) in [4.78, 5) is 35.7. The molecule has 0 unspecified atom stereocenters. The van der Waals surface area contributed by atoms with Crippen LogP contribution in [0, 0.1) is 6.92 Å². The molecule has 0 bridgehead atoms. The monoisotopic (exact) mass is 358 g/mol. The smallest absolute Gasteiger partial charge is 0.270 e. The Balaban J connectivity index is 1.71. The molecule has 3 aromatic heterocycles. The van der Waals surface area contributed by atoms with Gasteiger partial charge in [0, 0.05) is 43.3 Å². The molecule has 6 nitrogen and oxygen atoms in total. The van der Waals surface area contributed by atoms with E-state index in [4.69, 9.17) is 0 Å².